The number of morpholine rings is 1. The molecular formula is C9H20N2O. The summed E-state index contributed by atoms with van der Waals surface area (Å²) in [6.45, 7) is 8.22. The Bertz CT molecular complexity index is 122. The minimum atomic E-state index is 0.520. The van der Waals surface area contributed by atoms with Crippen molar-refractivity contribution in [2.45, 2.75) is 25.9 Å². The van der Waals surface area contributed by atoms with E-state index in [0.29, 0.717) is 12.1 Å². The van der Waals surface area contributed by atoms with Gasteiger partial charge in [-0.1, -0.05) is 0 Å². The highest BCUT2D eigenvalue weighted by molar-refractivity contribution is 4.74. The molecular weight excluding hydrogens is 152 g/mol. The van der Waals surface area contributed by atoms with Gasteiger partial charge in [0.25, 0.3) is 0 Å². The normalized spacial score (nSPS) is 25.2. The van der Waals surface area contributed by atoms with Crippen molar-refractivity contribution >= 4 is 0 Å². The van der Waals surface area contributed by atoms with E-state index in [1.807, 2.05) is 0 Å². The molecule has 1 N–H and O–H groups in total. The molecule has 0 saturated carbocycles. The van der Waals surface area contributed by atoms with Crippen LogP contribution in [0.5, 0.6) is 0 Å². The molecule has 1 fully saturated rings. The van der Waals surface area contributed by atoms with Gasteiger partial charge in [0.2, 0.25) is 0 Å². The Hall–Kier alpha value is -0.120. The third-order valence-corrected chi connectivity index (χ3v) is 2.39. The van der Waals surface area contributed by atoms with E-state index in [-0.39, 0.29) is 0 Å². The van der Waals surface area contributed by atoms with Gasteiger partial charge < -0.3 is 15.0 Å². The van der Waals surface area contributed by atoms with Crippen molar-refractivity contribution in [1.29, 1.82) is 0 Å². The zero-order valence-electron chi connectivity index (χ0n) is 8.34. The summed E-state index contributed by atoms with van der Waals surface area (Å²) in [5, 5.41) is 3.44. The van der Waals surface area contributed by atoms with Crippen LogP contribution in [0.4, 0.5) is 0 Å². The minimum absolute atomic E-state index is 0.520. The van der Waals surface area contributed by atoms with E-state index < -0.39 is 0 Å². The Morgan fingerprint density at radius 2 is 2.33 bits per heavy atom. The Labute approximate surface area is 75.1 Å². The summed E-state index contributed by atoms with van der Waals surface area (Å²) in [6.07, 6.45) is 0. The SMILES string of the molecule is CC(C)N(C)CC1COCCN1. The van der Waals surface area contributed by atoms with Gasteiger partial charge in [-0.2, -0.15) is 0 Å². The second-order valence-electron chi connectivity index (χ2n) is 3.76. The summed E-state index contributed by atoms with van der Waals surface area (Å²) >= 11 is 0. The number of hydrogen-bond donors (Lipinski definition) is 1. The van der Waals surface area contributed by atoms with Crippen LogP contribution in [0.3, 0.4) is 0 Å². The number of hydrogen-bond acceptors (Lipinski definition) is 3. The molecule has 1 heterocycles. The maximum absolute atomic E-state index is 5.37. The maximum atomic E-state index is 5.37. The quantitative estimate of drug-likeness (QED) is 0.663. The molecule has 1 unspecified atom stereocenters. The van der Waals surface area contributed by atoms with Crippen LogP contribution in [-0.4, -0.2) is 50.3 Å². The van der Waals surface area contributed by atoms with E-state index in [4.69, 9.17) is 4.74 Å². The van der Waals surface area contributed by atoms with Gasteiger partial charge in [0.05, 0.1) is 13.2 Å². The zero-order valence-corrected chi connectivity index (χ0v) is 8.34. The lowest BCUT2D eigenvalue weighted by molar-refractivity contribution is 0.0617. The molecule has 1 rings (SSSR count). The number of rotatable bonds is 3. The molecule has 1 aliphatic heterocycles. The van der Waals surface area contributed by atoms with E-state index in [0.717, 1.165) is 26.3 Å². The molecule has 3 heteroatoms. The lowest BCUT2D eigenvalue weighted by atomic mass is 10.2. The fourth-order valence-corrected chi connectivity index (χ4v) is 1.30. The standard InChI is InChI=1S/C9H20N2O/c1-8(2)11(3)6-9-7-12-5-4-10-9/h8-10H,4-7H2,1-3H3. The summed E-state index contributed by atoms with van der Waals surface area (Å²) in [6, 6.07) is 1.14. The molecule has 0 aromatic rings. The van der Waals surface area contributed by atoms with Crippen molar-refractivity contribution in [1.82, 2.24) is 10.2 Å². The second-order valence-corrected chi connectivity index (χ2v) is 3.76. The van der Waals surface area contributed by atoms with Gasteiger partial charge in [-0.15, -0.1) is 0 Å². The first kappa shape index (κ1) is 9.96. The van der Waals surface area contributed by atoms with Gasteiger partial charge >= 0.3 is 0 Å². The molecule has 3 nitrogen and oxygen atoms in total. The van der Waals surface area contributed by atoms with Crippen LogP contribution in [0.1, 0.15) is 13.8 Å². The van der Waals surface area contributed by atoms with Gasteiger partial charge in [-0.25, -0.2) is 0 Å². The fourth-order valence-electron chi connectivity index (χ4n) is 1.30. The van der Waals surface area contributed by atoms with E-state index in [1.54, 1.807) is 0 Å². The van der Waals surface area contributed by atoms with Crippen molar-refractivity contribution in [3.63, 3.8) is 0 Å². The molecule has 0 bridgehead atoms. The van der Waals surface area contributed by atoms with Gasteiger partial charge in [0.1, 0.15) is 0 Å². The van der Waals surface area contributed by atoms with Crippen molar-refractivity contribution in [3.05, 3.63) is 0 Å². The van der Waals surface area contributed by atoms with Gasteiger partial charge in [-0.3, -0.25) is 0 Å². The summed E-state index contributed by atoms with van der Waals surface area (Å²) < 4.78 is 5.37. The van der Waals surface area contributed by atoms with Crippen LogP contribution < -0.4 is 5.32 Å². The summed E-state index contributed by atoms with van der Waals surface area (Å²) in [7, 11) is 2.15. The number of nitrogens with zero attached hydrogens (tertiary/aromatic N) is 1. The summed E-state index contributed by atoms with van der Waals surface area (Å²) in [4.78, 5) is 2.34. The molecule has 72 valence electrons. The molecule has 0 radical (unpaired) electrons. The Morgan fingerprint density at radius 3 is 2.83 bits per heavy atom. The summed E-state index contributed by atoms with van der Waals surface area (Å²) in [5.74, 6) is 0. The van der Waals surface area contributed by atoms with Crippen molar-refractivity contribution in [3.8, 4) is 0 Å². The predicted molar refractivity (Wildman–Crippen MR) is 50.4 cm³/mol. The van der Waals surface area contributed by atoms with Crippen LogP contribution in [0.2, 0.25) is 0 Å². The fraction of sp³-hybridized carbons (Fsp3) is 1.00. The lowest BCUT2D eigenvalue weighted by Gasteiger charge is -2.30. The predicted octanol–water partition coefficient (Wildman–Crippen LogP) is 0.315. The first-order chi connectivity index (χ1) is 5.70. The molecule has 12 heavy (non-hydrogen) atoms. The summed E-state index contributed by atoms with van der Waals surface area (Å²) in [5.41, 5.74) is 0. The highest BCUT2D eigenvalue weighted by atomic mass is 16.5. The van der Waals surface area contributed by atoms with E-state index in [1.165, 1.54) is 0 Å². The smallest absolute Gasteiger partial charge is 0.0632 e. The molecule has 0 aliphatic carbocycles. The first-order valence-corrected chi connectivity index (χ1v) is 4.71. The molecule has 0 aromatic heterocycles. The Morgan fingerprint density at radius 1 is 1.58 bits per heavy atom. The molecule has 1 atom stereocenters. The zero-order chi connectivity index (χ0) is 8.97. The van der Waals surface area contributed by atoms with Gasteiger partial charge in [-0.05, 0) is 20.9 Å². The first-order valence-electron chi connectivity index (χ1n) is 4.71. The average Bonchev–Trinajstić information content (AvgIpc) is 2.06. The third-order valence-electron chi connectivity index (χ3n) is 2.39. The largest absolute Gasteiger partial charge is 0.378 e. The van der Waals surface area contributed by atoms with Crippen LogP contribution in [0.15, 0.2) is 0 Å². The van der Waals surface area contributed by atoms with Crippen LogP contribution in [0, 0.1) is 0 Å². The Kier molecular flexibility index (Phi) is 3.98. The van der Waals surface area contributed by atoms with Crippen LogP contribution in [-0.2, 0) is 4.74 Å². The minimum Gasteiger partial charge on any atom is -0.378 e. The van der Waals surface area contributed by atoms with Gasteiger partial charge in [0.15, 0.2) is 0 Å². The number of ether oxygens (including phenoxy) is 1. The van der Waals surface area contributed by atoms with E-state index >= 15 is 0 Å². The second kappa shape index (κ2) is 4.80. The van der Waals surface area contributed by atoms with Crippen molar-refractivity contribution in [2.75, 3.05) is 33.4 Å². The number of likely N-dealkylation sites (N-methyl/N-ethyl adjacent to an activating group) is 1. The molecule has 1 saturated heterocycles. The van der Waals surface area contributed by atoms with Gasteiger partial charge in [0, 0.05) is 25.2 Å². The Balaban J connectivity index is 2.20. The topological polar surface area (TPSA) is 24.5 Å². The number of nitrogens with one attached hydrogen (secondary N) is 1. The molecule has 0 aromatic carbocycles. The highest BCUT2D eigenvalue weighted by Crippen LogP contribution is 1.99. The van der Waals surface area contributed by atoms with Crippen molar-refractivity contribution in [2.24, 2.45) is 0 Å². The lowest BCUT2D eigenvalue weighted by Crippen LogP contribution is -2.48. The molecule has 1 aliphatic rings. The third kappa shape index (κ3) is 3.09. The van der Waals surface area contributed by atoms with E-state index in [2.05, 4.69) is 31.1 Å². The molecule has 0 amide bonds. The van der Waals surface area contributed by atoms with E-state index in [9.17, 15) is 0 Å². The average molecular weight is 172 g/mol. The highest BCUT2D eigenvalue weighted by Gasteiger charge is 2.15. The maximum Gasteiger partial charge on any atom is 0.0632 e. The van der Waals surface area contributed by atoms with Crippen LogP contribution in [0.25, 0.3) is 0 Å². The van der Waals surface area contributed by atoms with Crippen LogP contribution >= 0.6 is 0 Å². The molecule has 0 spiro atoms. The van der Waals surface area contributed by atoms with Crippen molar-refractivity contribution < 1.29 is 4.74 Å². The monoisotopic (exact) mass is 172 g/mol.